The summed E-state index contributed by atoms with van der Waals surface area (Å²) >= 11 is 0. The molecule has 4 unspecified atom stereocenters. The average molecular weight is 722 g/mol. The zero-order valence-corrected chi connectivity index (χ0v) is 26.5. The summed E-state index contributed by atoms with van der Waals surface area (Å²) in [5, 5.41) is 29.0. The van der Waals surface area contributed by atoms with Crippen molar-refractivity contribution in [1.29, 1.82) is 0 Å². The van der Waals surface area contributed by atoms with Crippen LogP contribution in [0, 0.1) is 11.8 Å². The molecule has 2 aliphatic heterocycles. The number of anilines is 2. The number of aliphatic hydroxyl groups is 3. The van der Waals surface area contributed by atoms with E-state index in [2.05, 4.69) is 23.1 Å². The van der Waals surface area contributed by atoms with Gasteiger partial charge in [0.15, 0.2) is 0 Å². The van der Waals surface area contributed by atoms with E-state index in [1.807, 2.05) is 0 Å². The maximum atomic E-state index is 11.9. The van der Waals surface area contributed by atoms with Crippen molar-refractivity contribution in [3.63, 3.8) is 0 Å². The Kier molecular flexibility index (Phi) is 12.2. The van der Waals surface area contributed by atoms with Gasteiger partial charge in [-0.1, -0.05) is 13.8 Å². The number of rotatable bonds is 10. The topological polar surface area (TPSA) is 361 Å². The number of nitrogens with two attached hydrogens (primary N) is 2. The SMILES string of the molecule is C[C@H]1C(n2ccc(N)nc2=O)O[C@H](CO)[C@H]1O.C[C@H]1C(n2ccc(N)nc2=O)O[C@H](COP(=O)(O)OP(=O)(O)OP(=O)(O)O)[C@H]1O. The number of hydrogen-bond acceptors (Lipinski definition) is 17. The molecule has 0 radical (unpaired) electrons. The van der Waals surface area contributed by atoms with E-state index in [1.165, 1.54) is 36.0 Å². The molecule has 2 aromatic rings. The van der Waals surface area contributed by atoms with E-state index in [1.54, 1.807) is 6.92 Å². The van der Waals surface area contributed by atoms with Gasteiger partial charge in [-0.2, -0.15) is 18.6 Å². The molecular formula is C20H33N6O17P3. The van der Waals surface area contributed by atoms with Crippen molar-refractivity contribution in [1.82, 2.24) is 19.1 Å². The number of phosphoric acid groups is 3. The number of phosphoric ester groups is 1. The highest BCUT2D eigenvalue weighted by molar-refractivity contribution is 7.66. The van der Waals surface area contributed by atoms with Gasteiger partial charge in [0.1, 0.15) is 36.3 Å². The fraction of sp³-hybridized carbons (Fsp3) is 0.600. The Morgan fingerprint density at radius 2 is 1.24 bits per heavy atom. The summed E-state index contributed by atoms with van der Waals surface area (Å²) in [5.41, 5.74) is 9.47. The third kappa shape index (κ3) is 9.80. The van der Waals surface area contributed by atoms with Crippen molar-refractivity contribution in [3.8, 4) is 0 Å². The third-order valence-corrected chi connectivity index (χ3v) is 10.4. The second kappa shape index (κ2) is 14.8. The molecule has 11 N–H and O–H groups in total. The van der Waals surface area contributed by atoms with Crippen molar-refractivity contribution in [2.24, 2.45) is 11.8 Å². The number of hydrogen-bond donors (Lipinski definition) is 9. The van der Waals surface area contributed by atoms with Crippen molar-refractivity contribution in [3.05, 3.63) is 45.5 Å². The lowest BCUT2D eigenvalue weighted by Gasteiger charge is -2.19. The average Bonchev–Trinajstić information content (AvgIpc) is 3.35. The summed E-state index contributed by atoms with van der Waals surface area (Å²) in [6.45, 7) is 2.10. The first kappa shape index (κ1) is 38.0. The Balaban J connectivity index is 0.000000286. The van der Waals surface area contributed by atoms with Gasteiger partial charge in [0.25, 0.3) is 0 Å². The predicted octanol–water partition coefficient (Wildman–Crippen LogP) is -2.22. The molecule has 0 aromatic carbocycles. The largest absolute Gasteiger partial charge is 0.490 e. The van der Waals surface area contributed by atoms with Gasteiger partial charge in [0.05, 0.1) is 25.4 Å². The van der Waals surface area contributed by atoms with Crippen LogP contribution >= 0.6 is 23.5 Å². The molecule has 2 aliphatic rings. The molecule has 26 heteroatoms. The van der Waals surface area contributed by atoms with Crippen LogP contribution in [0.1, 0.15) is 26.3 Å². The summed E-state index contributed by atoms with van der Waals surface area (Å²) in [5.74, 6) is -0.930. The van der Waals surface area contributed by atoms with Gasteiger partial charge in [-0.05, 0) is 12.1 Å². The standard InChI is InChI=1S/C10H18N3O13P3.C10H15N3O4/c1-5-8(14)6(24-9(5)13-3-2-7(11)12-10(13)15)4-23-28(19,20)26-29(21,22)25-27(16,17)18;1-5-8(15)6(4-14)17-9(5)13-3-2-7(11)12-10(13)16/h2-3,5-6,8-9,14H,4H2,1H3,(H,19,20)(H,21,22)(H2,11,12,15)(H2,16,17,18);2-3,5-6,8-9,14-15H,4H2,1H3,(H2,11,12,16)/t2*5-,6-,8+,9?/m11/s1. The molecule has 2 saturated heterocycles. The van der Waals surface area contributed by atoms with Crippen LogP contribution in [-0.4, -0.2) is 91.6 Å². The van der Waals surface area contributed by atoms with Crippen LogP contribution in [0.15, 0.2) is 34.1 Å². The maximum Gasteiger partial charge on any atom is 0.490 e. The lowest BCUT2D eigenvalue weighted by molar-refractivity contribution is -0.0476. The normalized spacial score (nSPS) is 30.6. The molecule has 10 atom stereocenters. The highest BCUT2D eigenvalue weighted by Crippen LogP contribution is 2.66. The first-order chi connectivity index (χ1) is 21.1. The maximum absolute atomic E-state index is 11.9. The van der Waals surface area contributed by atoms with E-state index in [4.69, 9.17) is 40.7 Å². The Hall–Kier alpha value is -2.43. The number of nitrogens with zero attached hydrogens (tertiary/aromatic N) is 4. The van der Waals surface area contributed by atoms with Gasteiger partial charge in [-0.25, -0.2) is 23.3 Å². The fourth-order valence-corrected chi connectivity index (χ4v) is 7.45. The Morgan fingerprint density at radius 3 is 1.63 bits per heavy atom. The number of nitrogen functional groups attached to an aromatic ring is 2. The van der Waals surface area contributed by atoms with E-state index in [-0.39, 0.29) is 24.2 Å². The molecule has 0 bridgehead atoms. The molecule has 2 aromatic heterocycles. The van der Waals surface area contributed by atoms with E-state index in [0.29, 0.717) is 0 Å². The van der Waals surface area contributed by atoms with Crippen molar-refractivity contribution in [2.75, 3.05) is 24.7 Å². The van der Waals surface area contributed by atoms with Crippen LogP contribution in [0.3, 0.4) is 0 Å². The van der Waals surface area contributed by atoms with Crippen LogP contribution in [0.5, 0.6) is 0 Å². The lowest BCUT2D eigenvalue weighted by Crippen LogP contribution is -2.31. The number of aliphatic hydroxyl groups excluding tert-OH is 3. The molecule has 4 rings (SSSR count). The van der Waals surface area contributed by atoms with E-state index >= 15 is 0 Å². The van der Waals surface area contributed by atoms with Crippen LogP contribution in [-0.2, 0) is 36.3 Å². The number of ether oxygens (including phenoxy) is 2. The fourth-order valence-electron chi connectivity index (χ4n) is 4.42. The highest BCUT2D eigenvalue weighted by atomic mass is 31.3. The minimum atomic E-state index is -5.67. The zero-order valence-electron chi connectivity index (χ0n) is 23.8. The van der Waals surface area contributed by atoms with Gasteiger partial charge in [-0.3, -0.25) is 13.7 Å². The third-order valence-electron chi connectivity index (χ3n) is 6.62. The second-order valence-corrected chi connectivity index (χ2v) is 14.4. The molecule has 23 nitrogen and oxygen atoms in total. The summed E-state index contributed by atoms with van der Waals surface area (Å²) < 4.78 is 58.3. The summed E-state index contributed by atoms with van der Waals surface area (Å²) in [7, 11) is -16.6. The van der Waals surface area contributed by atoms with Crippen molar-refractivity contribution < 1.29 is 71.2 Å². The smallest absolute Gasteiger partial charge is 0.394 e. The molecular weight excluding hydrogens is 689 g/mol. The monoisotopic (exact) mass is 722 g/mol. The quantitative estimate of drug-likeness (QED) is 0.117. The molecule has 260 valence electrons. The van der Waals surface area contributed by atoms with Crippen LogP contribution in [0.4, 0.5) is 11.6 Å². The van der Waals surface area contributed by atoms with E-state index < -0.39 is 84.2 Å². The van der Waals surface area contributed by atoms with Crippen molar-refractivity contribution in [2.45, 2.75) is 50.7 Å². The van der Waals surface area contributed by atoms with Crippen LogP contribution in [0.2, 0.25) is 0 Å². The van der Waals surface area contributed by atoms with Crippen LogP contribution in [0.25, 0.3) is 0 Å². The van der Waals surface area contributed by atoms with Crippen LogP contribution < -0.4 is 22.8 Å². The second-order valence-electron chi connectivity index (χ2n) is 9.98. The first-order valence-electron chi connectivity index (χ1n) is 12.9. The van der Waals surface area contributed by atoms with Crippen molar-refractivity contribution >= 4 is 35.1 Å². The molecule has 2 fully saturated rings. The van der Waals surface area contributed by atoms with Gasteiger partial charge in [0, 0.05) is 24.2 Å². The Labute approximate surface area is 258 Å². The molecule has 0 amide bonds. The summed E-state index contributed by atoms with van der Waals surface area (Å²) in [6, 6.07) is 2.79. The minimum Gasteiger partial charge on any atom is -0.394 e. The lowest BCUT2D eigenvalue weighted by atomic mass is 10.0. The molecule has 0 saturated carbocycles. The zero-order chi connectivity index (χ0) is 34.8. The van der Waals surface area contributed by atoms with Gasteiger partial charge in [0.2, 0.25) is 0 Å². The van der Waals surface area contributed by atoms with Gasteiger partial charge >= 0.3 is 34.8 Å². The molecule has 0 spiro atoms. The molecule has 0 aliphatic carbocycles. The minimum absolute atomic E-state index is 0.0401. The van der Waals surface area contributed by atoms with Gasteiger partial charge in [-0.15, -0.1) is 0 Å². The molecule has 4 heterocycles. The highest BCUT2D eigenvalue weighted by Gasteiger charge is 2.46. The van der Waals surface area contributed by atoms with Gasteiger partial charge < -0.3 is 55.8 Å². The Morgan fingerprint density at radius 1 is 0.804 bits per heavy atom. The van der Waals surface area contributed by atoms with E-state index in [9.17, 15) is 38.4 Å². The molecule has 46 heavy (non-hydrogen) atoms. The first-order valence-corrected chi connectivity index (χ1v) is 17.4. The Bertz CT molecular complexity index is 1640. The van der Waals surface area contributed by atoms with E-state index in [0.717, 1.165) is 4.57 Å². The number of aromatic nitrogens is 4. The summed E-state index contributed by atoms with van der Waals surface area (Å²) in [6.07, 6.45) is -3.03. The summed E-state index contributed by atoms with van der Waals surface area (Å²) in [4.78, 5) is 66.1. The predicted molar refractivity (Wildman–Crippen MR) is 151 cm³/mol.